The highest BCUT2D eigenvalue weighted by Crippen LogP contribution is 2.44. The maximum absolute atomic E-state index is 5.85. The average Bonchev–Trinajstić information content (AvgIpc) is 3.09. The van der Waals surface area contributed by atoms with Crippen LogP contribution < -0.4 is 5.32 Å². The zero-order valence-corrected chi connectivity index (χ0v) is 12.4. The van der Waals surface area contributed by atoms with Crippen LogP contribution in [0.3, 0.4) is 0 Å². The second-order valence-electron chi connectivity index (χ2n) is 4.99. The fourth-order valence-corrected chi connectivity index (χ4v) is 3.17. The van der Waals surface area contributed by atoms with Gasteiger partial charge in [-0.25, -0.2) is 4.98 Å². The molecule has 4 heteroatoms. The van der Waals surface area contributed by atoms with E-state index in [1.807, 2.05) is 17.5 Å². The van der Waals surface area contributed by atoms with Gasteiger partial charge in [0.05, 0.1) is 0 Å². The minimum absolute atomic E-state index is 0.243. The topological polar surface area (TPSA) is 34.2 Å². The van der Waals surface area contributed by atoms with Crippen molar-refractivity contribution < 1.29 is 4.74 Å². The molecule has 0 spiro atoms. The van der Waals surface area contributed by atoms with Gasteiger partial charge in [0.1, 0.15) is 11.1 Å². The zero-order chi connectivity index (χ0) is 13.0. The third-order valence-corrected chi connectivity index (χ3v) is 4.55. The molecule has 1 saturated carbocycles. The second kappa shape index (κ2) is 6.64. The summed E-state index contributed by atoms with van der Waals surface area (Å²) in [7, 11) is 0. The van der Waals surface area contributed by atoms with Gasteiger partial charge in [0.2, 0.25) is 0 Å². The number of aromatic nitrogens is 1. The van der Waals surface area contributed by atoms with Gasteiger partial charge in [-0.3, -0.25) is 0 Å². The predicted molar refractivity (Wildman–Crippen MR) is 75.9 cm³/mol. The van der Waals surface area contributed by atoms with Crippen LogP contribution in [0, 0.1) is 5.92 Å². The Bertz CT molecular complexity index is 362. The van der Waals surface area contributed by atoms with Crippen molar-refractivity contribution in [1.82, 2.24) is 10.3 Å². The standard InChI is InChI=1S/C14H24N2OS/c1-4-8-15-10(3)12-9-16-14(18-12)13(17-5-2)11-6-7-11/h9-11,13,15H,4-8H2,1-3H3. The molecular weight excluding hydrogens is 244 g/mol. The lowest BCUT2D eigenvalue weighted by molar-refractivity contribution is 0.0462. The van der Waals surface area contributed by atoms with Gasteiger partial charge >= 0.3 is 0 Å². The van der Waals surface area contributed by atoms with E-state index in [0.29, 0.717) is 12.0 Å². The number of hydrogen-bond donors (Lipinski definition) is 1. The Kier molecular flexibility index (Phi) is 5.15. The Morgan fingerprint density at radius 2 is 2.28 bits per heavy atom. The van der Waals surface area contributed by atoms with Crippen molar-refractivity contribution in [1.29, 1.82) is 0 Å². The Labute approximate surface area is 114 Å². The molecule has 0 aromatic carbocycles. The van der Waals surface area contributed by atoms with Gasteiger partial charge in [-0.05, 0) is 45.6 Å². The number of thiazole rings is 1. The van der Waals surface area contributed by atoms with E-state index in [1.54, 1.807) is 0 Å². The van der Waals surface area contributed by atoms with E-state index in [0.717, 1.165) is 13.2 Å². The molecule has 1 fully saturated rings. The highest BCUT2D eigenvalue weighted by molar-refractivity contribution is 7.11. The van der Waals surface area contributed by atoms with Crippen LogP contribution in [0.4, 0.5) is 0 Å². The SMILES string of the molecule is CCCNC(C)c1cnc(C(OCC)C2CC2)s1. The van der Waals surface area contributed by atoms with Gasteiger partial charge in [0, 0.05) is 23.7 Å². The minimum Gasteiger partial charge on any atom is -0.371 e. The maximum Gasteiger partial charge on any atom is 0.122 e. The molecule has 0 aliphatic heterocycles. The number of nitrogens with one attached hydrogen (secondary N) is 1. The lowest BCUT2D eigenvalue weighted by Gasteiger charge is -2.13. The minimum atomic E-state index is 0.243. The first kappa shape index (κ1) is 14.0. The van der Waals surface area contributed by atoms with Gasteiger partial charge in [-0.2, -0.15) is 0 Å². The lowest BCUT2D eigenvalue weighted by Crippen LogP contribution is -2.18. The Morgan fingerprint density at radius 3 is 2.89 bits per heavy atom. The van der Waals surface area contributed by atoms with Gasteiger partial charge in [-0.15, -0.1) is 11.3 Å². The van der Waals surface area contributed by atoms with Crippen LogP contribution in [0.25, 0.3) is 0 Å². The molecule has 0 saturated heterocycles. The summed E-state index contributed by atoms with van der Waals surface area (Å²) in [6.45, 7) is 8.30. The number of nitrogens with zero attached hydrogens (tertiary/aromatic N) is 1. The number of rotatable bonds is 8. The van der Waals surface area contributed by atoms with Crippen molar-refractivity contribution >= 4 is 11.3 Å². The maximum atomic E-state index is 5.85. The molecule has 1 aliphatic carbocycles. The van der Waals surface area contributed by atoms with Crippen LogP contribution in [0.2, 0.25) is 0 Å². The van der Waals surface area contributed by atoms with E-state index >= 15 is 0 Å². The molecule has 102 valence electrons. The van der Waals surface area contributed by atoms with Crippen molar-refractivity contribution in [3.63, 3.8) is 0 Å². The molecule has 1 aromatic rings. The highest BCUT2D eigenvalue weighted by atomic mass is 32.1. The van der Waals surface area contributed by atoms with E-state index in [1.165, 1.54) is 29.1 Å². The zero-order valence-electron chi connectivity index (χ0n) is 11.6. The summed E-state index contributed by atoms with van der Waals surface area (Å²) in [6.07, 6.45) is 6.01. The molecule has 2 rings (SSSR count). The number of ether oxygens (including phenoxy) is 1. The molecule has 2 atom stereocenters. The molecule has 0 bridgehead atoms. The summed E-state index contributed by atoms with van der Waals surface area (Å²) in [6, 6.07) is 0.401. The van der Waals surface area contributed by atoms with E-state index in [2.05, 4.69) is 31.1 Å². The molecule has 2 unspecified atom stereocenters. The van der Waals surface area contributed by atoms with Crippen molar-refractivity contribution in [2.45, 2.75) is 52.2 Å². The summed E-state index contributed by atoms with van der Waals surface area (Å²) in [5, 5.41) is 4.67. The molecule has 3 nitrogen and oxygen atoms in total. The first-order valence-electron chi connectivity index (χ1n) is 7.06. The van der Waals surface area contributed by atoms with Crippen LogP contribution in [-0.4, -0.2) is 18.1 Å². The summed E-state index contributed by atoms with van der Waals surface area (Å²) in [5.74, 6) is 0.711. The largest absolute Gasteiger partial charge is 0.371 e. The van der Waals surface area contributed by atoms with Crippen molar-refractivity contribution in [2.24, 2.45) is 5.92 Å². The van der Waals surface area contributed by atoms with Gasteiger partial charge < -0.3 is 10.1 Å². The molecule has 0 radical (unpaired) electrons. The van der Waals surface area contributed by atoms with E-state index < -0.39 is 0 Å². The molecule has 1 aliphatic rings. The van der Waals surface area contributed by atoms with Crippen LogP contribution in [0.1, 0.15) is 62.1 Å². The third-order valence-electron chi connectivity index (χ3n) is 3.31. The van der Waals surface area contributed by atoms with Gasteiger partial charge in [0.15, 0.2) is 0 Å². The molecule has 0 amide bonds. The third kappa shape index (κ3) is 3.53. The van der Waals surface area contributed by atoms with Crippen molar-refractivity contribution in [2.75, 3.05) is 13.2 Å². The van der Waals surface area contributed by atoms with E-state index in [4.69, 9.17) is 4.74 Å². The van der Waals surface area contributed by atoms with E-state index in [9.17, 15) is 0 Å². The summed E-state index contributed by atoms with van der Waals surface area (Å²) in [4.78, 5) is 5.90. The second-order valence-corrected chi connectivity index (χ2v) is 6.08. The normalized spacial score (nSPS) is 18.8. The summed E-state index contributed by atoms with van der Waals surface area (Å²) in [5.41, 5.74) is 0. The summed E-state index contributed by atoms with van der Waals surface area (Å²) < 4.78 is 5.85. The van der Waals surface area contributed by atoms with Gasteiger partial charge in [0.25, 0.3) is 0 Å². The van der Waals surface area contributed by atoms with Crippen LogP contribution in [0.15, 0.2) is 6.20 Å². The first-order chi connectivity index (χ1) is 8.76. The number of hydrogen-bond acceptors (Lipinski definition) is 4. The predicted octanol–water partition coefficient (Wildman–Crippen LogP) is 3.69. The Morgan fingerprint density at radius 1 is 1.50 bits per heavy atom. The highest BCUT2D eigenvalue weighted by Gasteiger charge is 2.35. The monoisotopic (exact) mass is 268 g/mol. The van der Waals surface area contributed by atoms with Crippen LogP contribution in [-0.2, 0) is 4.74 Å². The lowest BCUT2D eigenvalue weighted by atomic mass is 10.2. The van der Waals surface area contributed by atoms with Crippen LogP contribution in [0.5, 0.6) is 0 Å². The average molecular weight is 268 g/mol. The van der Waals surface area contributed by atoms with Crippen molar-refractivity contribution in [3.05, 3.63) is 16.1 Å². The van der Waals surface area contributed by atoms with Gasteiger partial charge in [-0.1, -0.05) is 6.92 Å². The molecule has 18 heavy (non-hydrogen) atoms. The Balaban J connectivity index is 1.99. The Hall–Kier alpha value is -0.450. The summed E-state index contributed by atoms with van der Waals surface area (Å²) >= 11 is 1.81. The quantitative estimate of drug-likeness (QED) is 0.780. The molecular formula is C14H24N2OS. The van der Waals surface area contributed by atoms with Crippen LogP contribution >= 0.6 is 11.3 Å². The fourth-order valence-electron chi connectivity index (χ4n) is 2.08. The van der Waals surface area contributed by atoms with E-state index in [-0.39, 0.29) is 6.10 Å². The molecule has 1 N–H and O–H groups in total. The first-order valence-corrected chi connectivity index (χ1v) is 7.88. The fraction of sp³-hybridized carbons (Fsp3) is 0.786. The molecule has 1 heterocycles. The van der Waals surface area contributed by atoms with Crippen molar-refractivity contribution in [3.8, 4) is 0 Å². The smallest absolute Gasteiger partial charge is 0.122 e. The molecule has 1 aromatic heterocycles.